The maximum atomic E-state index is 13.4. The van der Waals surface area contributed by atoms with Gasteiger partial charge in [-0.25, -0.2) is 26.6 Å². The zero-order valence-corrected chi connectivity index (χ0v) is 19.6. The Bertz CT molecular complexity index is 1560. The summed E-state index contributed by atoms with van der Waals surface area (Å²) in [6.45, 7) is 1.71. The van der Waals surface area contributed by atoms with Crippen LogP contribution in [0.5, 0.6) is 0 Å². The number of benzene rings is 1. The molecule has 1 atom stereocenters. The lowest BCUT2D eigenvalue weighted by molar-refractivity contribution is 0.0681. The van der Waals surface area contributed by atoms with E-state index in [0.29, 0.717) is 11.3 Å². The van der Waals surface area contributed by atoms with Gasteiger partial charge in [0, 0.05) is 23.9 Å². The number of carboxylic acid groups (broad SMARTS) is 1. The summed E-state index contributed by atoms with van der Waals surface area (Å²) in [4.78, 5) is 30.3. The summed E-state index contributed by atoms with van der Waals surface area (Å²) in [6.07, 6.45) is 1.24. The fraction of sp³-hybridized carbons (Fsp3) is 0.318. The third kappa shape index (κ3) is 4.42. The Kier molecular flexibility index (Phi) is 5.65. The predicted molar refractivity (Wildman–Crippen MR) is 122 cm³/mol. The Morgan fingerprint density at radius 3 is 2.39 bits per heavy atom. The van der Waals surface area contributed by atoms with Crippen molar-refractivity contribution >= 4 is 36.7 Å². The molecule has 0 aliphatic carbocycles. The molecule has 1 saturated heterocycles. The summed E-state index contributed by atoms with van der Waals surface area (Å²) in [5, 5.41) is 10.3. The number of fused-ring (bicyclic) bond motifs is 1. The molecule has 33 heavy (non-hydrogen) atoms. The molecule has 1 N–H and O–H groups in total. The monoisotopic (exact) mass is 490 g/mol. The zero-order chi connectivity index (χ0) is 24.1. The Hall–Kier alpha value is -3.05. The Morgan fingerprint density at radius 1 is 1.18 bits per heavy atom. The third-order valence-corrected chi connectivity index (χ3v) is 8.68. The summed E-state index contributed by atoms with van der Waals surface area (Å²) in [7, 11) is -6.75. The van der Waals surface area contributed by atoms with E-state index in [-0.39, 0.29) is 51.5 Å². The topological polar surface area (TPSA) is 140 Å². The van der Waals surface area contributed by atoms with Crippen LogP contribution in [0.15, 0.2) is 46.1 Å². The van der Waals surface area contributed by atoms with E-state index in [0.717, 1.165) is 6.26 Å². The number of pyridine rings is 2. The predicted octanol–water partition coefficient (Wildman–Crippen LogP) is 1.76. The first kappa shape index (κ1) is 23.1. The van der Waals surface area contributed by atoms with E-state index in [1.54, 1.807) is 19.1 Å². The average Bonchev–Trinajstić information content (AvgIpc) is 3.08. The fourth-order valence-electron chi connectivity index (χ4n) is 4.21. The van der Waals surface area contributed by atoms with E-state index in [9.17, 15) is 31.5 Å². The highest BCUT2D eigenvalue weighted by Gasteiger charge is 2.34. The van der Waals surface area contributed by atoms with Gasteiger partial charge < -0.3 is 9.67 Å². The lowest BCUT2D eigenvalue weighted by atomic mass is 9.99. The minimum absolute atomic E-state index is 0.00273. The maximum Gasteiger partial charge on any atom is 0.353 e. The fourth-order valence-corrected chi connectivity index (χ4v) is 6.54. The second-order valence-corrected chi connectivity index (χ2v) is 12.5. The SMILES string of the molecule is Cc1ccc2c(=O)c(Cc3ccc(S(C)(=O)=O)cc3)c(C(=O)O)n(C3CCS(=O)(=O)C3)c2n1. The van der Waals surface area contributed by atoms with Gasteiger partial charge in [-0.2, -0.15) is 0 Å². The van der Waals surface area contributed by atoms with Crippen LogP contribution in [0.2, 0.25) is 0 Å². The molecule has 3 aromatic rings. The number of aryl methyl sites for hydroxylation is 1. The Morgan fingerprint density at radius 2 is 1.85 bits per heavy atom. The van der Waals surface area contributed by atoms with Gasteiger partial charge in [0.05, 0.1) is 27.8 Å². The molecule has 1 aromatic carbocycles. The van der Waals surface area contributed by atoms with Gasteiger partial charge in [0.25, 0.3) is 0 Å². The smallest absolute Gasteiger partial charge is 0.353 e. The first-order valence-corrected chi connectivity index (χ1v) is 13.9. The molecule has 0 bridgehead atoms. The molecule has 11 heteroatoms. The highest BCUT2D eigenvalue weighted by atomic mass is 32.2. The molecule has 1 fully saturated rings. The van der Waals surface area contributed by atoms with Gasteiger partial charge in [-0.05, 0) is 43.2 Å². The minimum Gasteiger partial charge on any atom is -0.477 e. The number of nitrogens with zero attached hydrogens (tertiary/aromatic N) is 2. The number of aromatic nitrogens is 2. The highest BCUT2D eigenvalue weighted by Crippen LogP contribution is 2.30. The molecule has 0 radical (unpaired) electrons. The second-order valence-electron chi connectivity index (χ2n) is 8.30. The van der Waals surface area contributed by atoms with Gasteiger partial charge in [-0.15, -0.1) is 0 Å². The van der Waals surface area contributed by atoms with Gasteiger partial charge >= 0.3 is 5.97 Å². The Labute approximate surface area is 190 Å². The molecule has 1 aliphatic heterocycles. The van der Waals surface area contributed by atoms with Crippen molar-refractivity contribution in [2.45, 2.75) is 30.7 Å². The zero-order valence-electron chi connectivity index (χ0n) is 18.0. The number of hydrogen-bond acceptors (Lipinski definition) is 7. The molecule has 1 unspecified atom stereocenters. The van der Waals surface area contributed by atoms with E-state index < -0.39 is 37.1 Å². The summed E-state index contributed by atoms with van der Waals surface area (Å²) in [5.74, 6) is -1.66. The molecule has 174 valence electrons. The summed E-state index contributed by atoms with van der Waals surface area (Å²) in [5.41, 5.74) is 0.468. The molecule has 0 saturated carbocycles. The van der Waals surface area contributed by atoms with Crippen LogP contribution in [-0.2, 0) is 26.1 Å². The molecule has 2 aromatic heterocycles. The van der Waals surface area contributed by atoms with Crippen LogP contribution in [-0.4, -0.2) is 55.2 Å². The second kappa shape index (κ2) is 8.07. The van der Waals surface area contributed by atoms with Crippen LogP contribution >= 0.6 is 0 Å². The lowest BCUT2D eigenvalue weighted by Crippen LogP contribution is -2.28. The van der Waals surface area contributed by atoms with E-state index in [1.165, 1.54) is 28.8 Å². The van der Waals surface area contributed by atoms with E-state index in [1.807, 2.05) is 0 Å². The quantitative estimate of drug-likeness (QED) is 0.570. The number of aromatic carboxylic acids is 1. The lowest BCUT2D eigenvalue weighted by Gasteiger charge is -2.22. The third-order valence-electron chi connectivity index (χ3n) is 5.80. The van der Waals surface area contributed by atoms with Crippen molar-refractivity contribution < 1.29 is 26.7 Å². The van der Waals surface area contributed by atoms with Crippen LogP contribution in [0.4, 0.5) is 0 Å². The molecule has 0 amide bonds. The first-order valence-electron chi connectivity index (χ1n) is 10.1. The largest absolute Gasteiger partial charge is 0.477 e. The standard InChI is InChI=1S/C22H22N2O7S2/c1-13-3-8-17-20(25)18(11-14-4-6-16(7-5-14)32(2,28)29)19(22(26)27)24(21(17)23-13)15-9-10-33(30,31)12-15/h3-8,15H,9-12H2,1-2H3,(H,26,27). The molecule has 9 nitrogen and oxygen atoms in total. The molecule has 0 spiro atoms. The Balaban J connectivity index is 1.97. The normalized spacial score (nSPS) is 17.9. The van der Waals surface area contributed by atoms with Crippen molar-refractivity contribution in [3.63, 3.8) is 0 Å². The van der Waals surface area contributed by atoms with Crippen molar-refractivity contribution in [3.05, 3.63) is 69.1 Å². The van der Waals surface area contributed by atoms with Gasteiger partial charge in [0.1, 0.15) is 11.3 Å². The van der Waals surface area contributed by atoms with Gasteiger partial charge in [0.2, 0.25) is 0 Å². The molecular weight excluding hydrogens is 468 g/mol. The van der Waals surface area contributed by atoms with Crippen molar-refractivity contribution in [3.8, 4) is 0 Å². The molecule has 3 heterocycles. The van der Waals surface area contributed by atoms with Gasteiger partial charge in [-0.3, -0.25) is 4.79 Å². The number of hydrogen-bond donors (Lipinski definition) is 1. The van der Waals surface area contributed by atoms with Crippen molar-refractivity contribution in [2.24, 2.45) is 0 Å². The van der Waals surface area contributed by atoms with Gasteiger partial charge in [0.15, 0.2) is 25.1 Å². The van der Waals surface area contributed by atoms with Crippen LogP contribution in [0.25, 0.3) is 11.0 Å². The summed E-state index contributed by atoms with van der Waals surface area (Å²) >= 11 is 0. The van der Waals surface area contributed by atoms with E-state index in [4.69, 9.17) is 0 Å². The van der Waals surface area contributed by atoms with E-state index >= 15 is 0 Å². The van der Waals surface area contributed by atoms with Crippen molar-refractivity contribution in [2.75, 3.05) is 17.8 Å². The molecule has 4 rings (SSSR count). The van der Waals surface area contributed by atoms with E-state index in [2.05, 4.69) is 4.98 Å². The highest BCUT2D eigenvalue weighted by molar-refractivity contribution is 7.91. The van der Waals surface area contributed by atoms with Crippen molar-refractivity contribution in [1.29, 1.82) is 0 Å². The molecular formula is C22H22N2O7S2. The van der Waals surface area contributed by atoms with Crippen LogP contribution < -0.4 is 5.43 Å². The minimum atomic E-state index is -3.41. The molecule has 1 aliphatic rings. The number of rotatable bonds is 5. The summed E-state index contributed by atoms with van der Waals surface area (Å²) in [6, 6.07) is 8.42. The average molecular weight is 491 g/mol. The van der Waals surface area contributed by atoms with Crippen LogP contribution in [0.3, 0.4) is 0 Å². The van der Waals surface area contributed by atoms with Crippen LogP contribution in [0, 0.1) is 6.92 Å². The first-order chi connectivity index (χ1) is 15.4. The number of carbonyl (C=O) groups is 1. The maximum absolute atomic E-state index is 13.4. The van der Waals surface area contributed by atoms with Gasteiger partial charge in [-0.1, -0.05) is 12.1 Å². The summed E-state index contributed by atoms with van der Waals surface area (Å²) < 4.78 is 49.2. The number of sulfone groups is 2. The number of carboxylic acids is 1. The van der Waals surface area contributed by atoms with Crippen molar-refractivity contribution in [1.82, 2.24) is 9.55 Å². The van der Waals surface area contributed by atoms with Crippen LogP contribution in [0.1, 0.15) is 39.8 Å².